The molecule has 0 spiro atoms. The van der Waals surface area contributed by atoms with E-state index in [4.69, 9.17) is 0 Å². The van der Waals surface area contributed by atoms with Crippen molar-refractivity contribution in [2.24, 2.45) is 0 Å². The average Bonchev–Trinajstić information content (AvgIpc) is 3.82. The second-order valence-electron chi connectivity index (χ2n) is 21.8. The van der Waals surface area contributed by atoms with E-state index in [1.54, 1.807) is 0 Å². The molecule has 0 amide bonds. The van der Waals surface area contributed by atoms with E-state index >= 15 is 0 Å². The highest BCUT2D eigenvalue weighted by atomic mass is 15.1. The minimum atomic E-state index is -0.131. The molecule has 0 N–H and O–H groups in total. The Hall–Kier alpha value is -9.03. The van der Waals surface area contributed by atoms with Crippen molar-refractivity contribution >= 4 is 54.5 Å². The Bertz CT molecular complexity index is 4450. The number of hydrogen-bond donors (Lipinski definition) is 0. The van der Waals surface area contributed by atoms with Crippen molar-refractivity contribution in [3.05, 3.63) is 252 Å². The molecule has 2 heteroatoms. The Balaban J connectivity index is 0.916. The molecule has 12 aromatic carbocycles. The van der Waals surface area contributed by atoms with Crippen LogP contribution in [0.4, 0.5) is 11.4 Å². The highest BCUT2D eigenvalue weighted by molar-refractivity contribution is 6.23. The molecule has 74 heavy (non-hydrogen) atoms. The van der Waals surface area contributed by atoms with Crippen molar-refractivity contribution in [2.45, 2.75) is 45.1 Å². The summed E-state index contributed by atoms with van der Waals surface area (Å²) in [6.07, 6.45) is 0. The third-order valence-corrected chi connectivity index (χ3v) is 17.3. The molecule has 0 saturated heterocycles. The largest absolute Gasteiger partial charge is 0.336 e. The van der Waals surface area contributed by atoms with Gasteiger partial charge in [-0.05, 0) is 169 Å². The summed E-state index contributed by atoms with van der Waals surface area (Å²) in [5.41, 5.74) is 24.6. The fourth-order valence-electron chi connectivity index (χ4n) is 13.7. The quantitative estimate of drug-likeness (QED) is 0.127. The summed E-state index contributed by atoms with van der Waals surface area (Å²) in [5, 5.41) is 19.8. The predicted molar refractivity (Wildman–Crippen MR) is 310 cm³/mol. The molecular weight excluding hydrogens is 893 g/mol. The van der Waals surface area contributed by atoms with E-state index in [9.17, 15) is 5.26 Å². The molecule has 12 aromatic rings. The normalized spacial score (nSPS) is 14.3. The summed E-state index contributed by atoms with van der Waals surface area (Å²) in [6.45, 7) is 10.3. The zero-order chi connectivity index (χ0) is 49.6. The van der Waals surface area contributed by atoms with E-state index in [2.05, 4.69) is 251 Å². The van der Waals surface area contributed by atoms with E-state index in [1.807, 2.05) is 6.07 Å². The third kappa shape index (κ3) is 5.93. The van der Waals surface area contributed by atoms with E-state index in [1.165, 1.54) is 132 Å². The highest BCUT2D eigenvalue weighted by Crippen LogP contribution is 2.54. The maximum Gasteiger partial charge on any atom is 0.0998 e. The van der Waals surface area contributed by atoms with Crippen molar-refractivity contribution < 1.29 is 0 Å². The SMILES string of the molecule is CC1(C)c2ccccc2-c2ccc(-c3c4ccccc4c(-c4ccc5c(c4)C(C)(C)c4ccccc4-5)c4cc(-c5ccc(-c6ccc7c8c6ccc6c(C#N)ccc(c68)CN7c6ccccc6)cc5)ccc34)cc21. The molecule has 15 rings (SSSR count). The van der Waals surface area contributed by atoms with Gasteiger partial charge in [-0.2, -0.15) is 5.26 Å². The molecule has 0 fully saturated rings. The van der Waals surface area contributed by atoms with Crippen molar-refractivity contribution in [2.75, 3.05) is 4.90 Å². The van der Waals surface area contributed by atoms with E-state index in [0.29, 0.717) is 5.56 Å². The van der Waals surface area contributed by atoms with Crippen LogP contribution < -0.4 is 4.90 Å². The average molecular weight is 943 g/mol. The van der Waals surface area contributed by atoms with Crippen LogP contribution in [0.25, 0.3) is 110 Å². The summed E-state index contributed by atoms with van der Waals surface area (Å²) in [6, 6.07) is 84.1. The topological polar surface area (TPSA) is 27.0 Å². The summed E-state index contributed by atoms with van der Waals surface area (Å²) < 4.78 is 0. The molecule has 0 bridgehead atoms. The smallest absolute Gasteiger partial charge is 0.0998 e. The second-order valence-corrected chi connectivity index (χ2v) is 21.8. The Morgan fingerprint density at radius 2 is 0.865 bits per heavy atom. The lowest BCUT2D eigenvalue weighted by atomic mass is 9.79. The van der Waals surface area contributed by atoms with Crippen molar-refractivity contribution in [3.63, 3.8) is 0 Å². The highest BCUT2D eigenvalue weighted by Gasteiger charge is 2.37. The minimum absolute atomic E-state index is 0.119. The molecule has 0 saturated carbocycles. The fourth-order valence-corrected chi connectivity index (χ4v) is 13.7. The predicted octanol–water partition coefficient (Wildman–Crippen LogP) is 19.1. The first kappa shape index (κ1) is 42.6. The first-order valence-corrected chi connectivity index (χ1v) is 26.0. The first-order chi connectivity index (χ1) is 36.2. The van der Waals surface area contributed by atoms with Gasteiger partial charge in [-0.1, -0.05) is 204 Å². The van der Waals surface area contributed by atoms with Gasteiger partial charge in [0.25, 0.3) is 0 Å². The molecule has 2 aliphatic carbocycles. The lowest BCUT2D eigenvalue weighted by Crippen LogP contribution is -2.20. The minimum Gasteiger partial charge on any atom is -0.336 e. The van der Waals surface area contributed by atoms with Gasteiger partial charge in [-0.3, -0.25) is 0 Å². The molecule has 0 atom stereocenters. The molecule has 0 aromatic heterocycles. The lowest BCUT2D eigenvalue weighted by molar-refractivity contribution is 0.660. The Morgan fingerprint density at radius 3 is 1.51 bits per heavy atom. The molecule has 1 aliphatic heterocycles. The standard InChI is InChI=1S/C72H50N2/c1-71(2)62-20-12-10-16-53(62)55-31-29-46(39-64(55)71)67-57-18-8-9-19-58(57)68(47-30-32-56-54-17-11-13-21-63(54)72(3,4)65(56)40-47)61-38-45(28-33-60(61)67)43-22-24-44(25-23-43)51-36-37-66-70-59(51)35-34-52-48(41-73)26-27-49(69(52)70)42-74(66)50-14-6-5-7-15-50/h5-40H,42H2,1-4H3. The zero-order valence-electron chi connectivity index (χ0n) is 41.9. The number of rotatable bonds is 5. The number of anilines is 2. The fraction of sp³-hybridized carbons (Fsp3) is 0.0972. The molecule has 0 unspecified atom stereocenters. The zero-order valence-corrected chi connectivity index (χ0v) is 41.9. The van der Waals surface area contributed by atoms with Gasteiger partial charge >= 0.3 is 0 Å². The molecule has 2 nitrogen and oxygen atoms in total. The van der Waals surface area contributed by atoms with Gasteiger partial charge in [0, 0.05) is 39.5 Å². The van der Waals surface area contributed by atoms with Gasteiger partial charge in [0.05, 0.1) is 11.6 Å². The molecule has 1 heterocycles. The number of hydrogen-bond acceptors (Lipinski definition) is 2. The van der Waals surface area contributed by atoms with E-state index < -0.39 is 0 Å². The van der Waals surface area contributed by atoms with Crippen LogP contribution in [0.3, 0.4) is 0 Å². The van der Waals surface area contributed by atoms with Gasteiger partial charge in [0.1, 0.15) is 0 Å². The number of benzene rings is 12. The summed E-state index contributed by atoms with van der Waals surface area (Å²) in [7, 11) is 0. The molecule has 348 valence electrons. The van der Waals surface area contributed by atoms with Crippen LogP contribution in [0, 0.1) is 11.3 Å². The Labute approximate surface area is 432 Å². The maximum atomic E-state index is 10.2. The van der Waals surface area contributed by atoms with Gasteiger partial charge in [-0.15, -0.1) is 0 Å². The van der Waals surface area contributed by atoms with Crippen molar-refractivity contribution in [3.8, 4) is 72.8 Å². The maximum absolute atomic E-state index is 10.2. The van der Waals surface area contributed by atoms with Crippen LogP contribution in [0.2, 0.25) is 0 Å². The van der Waals surface area contributed by atoms with Crippen LogP contribution in [-0.2, 0) is 17.4 Å². The summed E-state index contributed by atoms with van der Waals surface area (Å²) >= 11 is 0. The number of fused-ring (bicyclic) bond motifs is 8. The molecular formula is C72H50N2. The van der Waals surface area contributed by atoms with Crippen LogP contribution >= 0.6 is 0 Å². The van der Waals surface area contributed by atoms with Crippen LogP contribution in [0.1, 0.15) is 61.1 Å². The monoisotopic (exact) mass is 942 g/mol. The molecule has 0 radical (unpaired) electrons. The number of nitriles is 1. The van der Waals surface area contributed by atoms with E-state index in [-0.39, 0.29) is 10.8 Å². The van der Waals surface area contributed by atoms with Crippen molar-refractivity contribution in [1.29, 1.82) is 5.26 Å². The van der Waals surface area contributed by atoms with Gasteiger partial charge < -0.3 is 4.90 Å². The number of para-hydroxylation sites is 1. The lowest BCUT2D eigenvalue weighted by Gasteiger charge is -2.32. The number of nitrogens with zero attached hydrogens (tertiary/aromatic N) is 2. The molecule has 3 aliphatic rings. The third-order valence-electron chi connectivity index (χ3n) is 17.3. The van der Waals surface area contributed by atoms with Crippen LogP contribution in [-0.4, -0.2) is 0 Å². The van der Waals surface area contributed by atoms with Gasteiger partial charge in [-0.25, -0.2) is 0 Å². The summed E-state index contributed by atoms with van der Waals surface area (Å²) in [4.78, 5) is 2.42. The van der Waals surface area contributed by atoms with Crippen LogP contribution in [0.5, 0.6) is 0 Å². The van der Waals surface area contributed by atoms with Crippen LogP contribution in [0.15, 0.2) is 218 Å². The van der Waals surface area contributed by atoms with Crippen molar-refractivity contribution in [1.82, 2.24) is 0 Å². The van der Waals surface area contributed by atoms with Gasteiger partial charge in [0.15, 0.2) is 0 Å². The Kier molecular flexibility index (Phi) is 8.92. The second kappa shape index (κ2) is 15.5. The van der Waals surface area contributed by atoms with Gasteiger partial charge in [0.2, 0.25) is 0 Å². The first-order valence-electron chi connectivity index (χ1n) is 26.0. The van der Waals surface area contributed by atoms with E-state index in [0.717, 1.165) is 23.2 Å². The Morgan fingerprint density at radius 1 is 0.365 bits per heavy atom. The summed E-state index contributed by atoms with van der Waals surface area (Å²) in [5.74, 6) is 0.